The first-order valence-electron chi connectivity index (χ1n) is 11.1. The Labute approximate surface area is 213 Å². The Morgan fingerprint density at radius 3 is 2.46 bits per heavy atom. The molecular formula is C27H21F5N2O2S. The van der Waals surface area contributed by atoms with E-state index < -0.39 is 30.5 Å². The van der Waals surface area contributed by atoms with Crippen molar-refractivity contribution in [2.24, 2.45) is 0 Å². The first-order chi connectivity index (χ1) is 17.4. The molecule has 192 valence electrons. The molecule has 0 fully saturated rings. The van der Waals surface area contributed by atoms with Crippen LogP contribution in [0.25, 0.3) is 10.9 Å². The number of carbonyl (C=O) groups excluding carboxylic acids is 1. The van der Waals surface area contributed by atoms with E-state index >= 15 is 8.78 Å². The standard InChI is InChI=1S/C27H21F5N2O2S/c1-16-10-11-21(17(2)12-16)26(28,29)15-34-25(35)24-20-8-3-4-9-22(20)33-14-23(24)37-19-7-5-6-18(13-19)36-27(30,31)32/h3-14H,15H2,1-2H3,(H,34,35). The number of aromatic nitrogens is 1. The molecule has 0 spiro atoms. The van der Waals surface area contributed by atoms with Crippen LogP contribution in [0.5, 0.6) is 5.75 Å². The fraction of sp³-hybridized carbons (Fsp3) is 0.185. The van der Waals surface area contributed by atoms with Crippen LogP contribution in [0.15, 0.2) is 82.7 Å². The fourth-order valence-corrected chi connectivity index (χ4v) is 4.88. The van der Waals surface area contributed by atoms with Gasteiger partial charge < -0.3 is 10.1 Å². The molecule has 0 aliphatic heterocycles. The summed E-state index contributed by atoms with van der Waals surface area (Å²) >= 11 is 0.973. The number of nitrogens with one attached hydrogen (secondary N) is 1. The Morgan fingerprint density at radius 2 is 1.73 bits per heavy atom. The highest BCUT2D eigenvalue weighted by atomic mass is 32.2. The van der Waals surface area contributed by atoms with Crippen LogP contribution >= 0.6 is 11.8 Å². The summed E-state index contributed by atoms with van der Waals surface area (Å²) in [5.74, 6) is -4.51. The Morgan fingerprint density at radius 1 is 0.973 bits per heavy atom. The number of carbonyl (C=O) groups is 1. The smallest absolute Gasteiger partial charge is 0.406 e. The number of ether oxygens (including phenoxy) is 1. The maximum atomic E-state index is 15.0. The van der Waals surface area contributed by atoms with Gasteiger partial charge in [-0.25, -0.2) is 0 Å². The second kappa shape index (κ2) is 10.4. The number of pyridine rings is 1. The molecule has 1 amide bonds. The zero-order valence-electron chi connectivity index (χ0n) is 19.7. The second-order valence-corrected chi connectivity index (χ2v) is 9.46. The number of hydrogen-bond acceptors (Lipinski definition) is 4. The number of amides is 1. The molecule has 4 rings (SSSR count). The third-order valence-electron chi connectivity index (χ3n) is 5.48. The van der Waals surface area contributed by atoms with Crippen molar-refractivity contribution in [1.29, 1.82) is 0 Å². The molecule has 0 radical (unpaired) electrons. The lowest BCUT2D eigenvalue weighted by Gasteiger charge is -2.20. The maximum absolute atomic E-state index is 15.0. The van der Waals surface area contributed by atoms with Crippen molar-refractivity contribution < 1.29 is 31.5 Å². The van der Waals surface area contributed by atoms with Crippen LogP contribution in [-0.2, 0) is 5.92 Å². The molecule has 0 bridgehead atoms. The fourth-order valence-electron chi connectivity index (χ4n) is 3.90. The highest BCUT2D eigenvalue weighted by Crippen LogP contribution is 2.36. The second-order valence-electron chi connectivity index (χ2n) is 8.34. The van der Waals surface area contributed by atoms with E-state index in [-0.39, 0.29) is 16.0 Å². The van der Waals surface area contributed by atoms with Gasteiger partial charge in [0.15, 0.2) is 0 Å². The zero-order valence-corrected chi connectivity index (χ0v) is 20.5. The van der Waals surface area contributed by atoms with Gasteiger partial charge in [-0.05, 0) is 43.7 Å². The van der Waals surface area contributed by atoms with E-state index in [1.165, 1.54) is 24.4 Å². The number of halogens is 5. The van der Waals surface area contributed by atoms with E-state index in [2.05, 4.69) is 15.0 Å². The monoisotopic (exact) mass is 532 g/mol. The van der Waals surface area contributed by atoms with Gasteiger partial charge in [0.05, 0.1) is 17.6 Å². The van der Waals surface area contributed by atoms with Crippen LogP contribution in [0.1, 0.15) is 27.0 Å². The number of para-hydroxylation sites is 1. The van der Waals surface area contributed by atoms with Gasteiger partial charge in [-0.3, -0.25) is 9.78 Å². The molecule has 37 heavy (non-hydrogen) atoms. The van der Waals surface area contributed by atoms with Crippen LogP contribution < -0.4 is 10.1 Å². The Hall–Kier alpha value is -3.66. The highest BCUT2D eigenvalue weighted by Gasteiger charge is 2.34. The molecule has 1 heterocycles. The van der Waals surface area contributed by atoms with E-state index in [4.69, 9.17) is 0 Å². The largest absolute Gasteiger partial charge is 0.573 e. The van der Waals surface area contributed by atoms with E-state index in [1.807, 2.05) is 0 Å². The first kappa shape index (κ1) is 26.4. The molecule has 0 aliphatic rings. The van der Waals surface area contributed by atoms with Gasteiger partial charge in [0, 0.05) is 26.9 Å². The zero-order chi connectivity index (χ0) is 26.8. The summed E-state index contributed by atoms with van der Waals surface area (Å²) in [5, 5.41) is 2.76. The third-order valence-corrected chi connectivity index (χ3v) is 6.50. The van der Waals surface area contributed by atoms with Gasteiger partial charge in [-0.1, -0.05) is 59.8 Å². The minimum atomic E-state index is -4.86. The van der Waals surface area contributed by atoms with E-state index in [0.29, 0.717) is 21.4 Å². The lowest BCUT2D eigenvalue weighted by atomic mass is 10.00. The van der Waals surface area contributed by atoms with Crippen molar-refractivity contribution in [3.8, 4) is 5.75 Å². The van der Waals surface area contributed by atoms with E-state index in [0.717, 1.165) is 23.4 Å². The highest BCUT2D eigenvalue weighted by molar-refractivity contribution is 7.99. The van der Waals surface area contributed by atoms with Crippen molar-refractivity contribution in [2.45, 2.75) is 35.9 Å². The number of alkyl halides is 5. The summed E-state index contributed by atoms with van der Waals surface area (Å²) in [7, 11) is 0. The van der Waals surface area contributed by atoms with Crippen molar-refractivity contribution in [1.82, 2.24) is 10.3 Å². The Bertz CT molecular complexity index is 1460. The summed E-state index contributed by atoms with van der Waals surface area (Å²) in [5.41, 5.74) is 1.62. The summed E-state index contributed by atoms with van der Waals surface area (Å²) in [4.78, 5) is 18.2. The van der Waals surface area contributed by atoms with Crippen molar-refractivity contribution in [3.05, 3.63) is 95.2 Å². The van der Waals surface area contributed by atoms with Gasteiger partial charge in [0.1, 0.15) is 5.75 Å². The van der Waals surface area contributed by atoms with Gasteiger partial charge in [0.2, 0.25) is 0 Å². The number of aryl methyl sites for hydroxylation is 2. The van der Waals surface area contributed by atoms with Crippen molar-refractivity contribution in [3.63, 3.8) is 0 Å². The first-order valence-corrected chi connectivity index (χ1v) is 11.9. The summed E-state index contributed by atoms with van der Waals surface area (Å²) < 4.78 is 71.9. The van der Waals surface area contributed by atoms with Crippen LogP contribution in [-0.4, -0.2) is 23.8 Å². The molecule has 4 aromatic rings. The average Bonchev–Trinajstić information content (AvgIpc) is 2.81. The van der Waals surface area contributed by atoms with Crippen LogP contribution in [0.2, 0.25) is 0 Å². The van der Waals surface area contributed by atoms with Crippen molar-refractivity contribution in [2.75, 3.05) is 6.54 Å². The Kier molecular flexibility index (Phi) is 7.40. The molecule has 10 heteroatoms. The molecule has 4 nitrogen and oxygen atoms in total. The van der Waals surface area contributed by atoms with Crippen LogP contribution in [0, 0.1) is 13.8 Å². The topological polar surface area (TPSA) is 51.2 Å². The maximum Gasteiger partial charge on any atom is 0.573 e. The summed E-state index contributed by atoms with van der Waals surface area (Å²) in [6.07, 6.45) is -3.47. The third kappa shape index (κ3) is 6.37. The summed E-state index contributed by atoms with van der Waals surface area (Å²) in [6, 6.07) is 16.5. The minimum absolute atomic E-state index is 0.0918. The Balaban J connectivity index is 1.65. The molecule has 1 N–H and O–H groups in total. The van der Waals surface area contributed by atoms with Crippen LogP contribution in [0.4, 0.5) is 22.0 Å². The predicted molar refractivity (Wildman–Crippen MR) is 131 cm³/mol. The van der Waals surface area contributed by atoms with Gasteiger partial charge in [0.25, 0.3) is 11.8 Å². The molecule has 1 aromatic heterocycles. The number of hydrogen-bond donors (Lipinski definition) is 1. The molecule has 0 saturated heterocycles. The van der Waals surface area contributed by atoms with E-state index in [1.54, 1.807) is 56.3 Å². The predicted octanol–water partition coefficient (Wildman–Crippen LogP) is 7.42. The number of fused-ring (bicyclic) bond motifs is 1. The quantitative estimate of drug-likeness (QED) is 0.252. The number of nitrogens with zero attached hydrogens (tertiary/aromatic N) is 1. The lowest BCUT2D eigenvalue weighted by molar-refractivity contribution is -0.274. The molecular weight excluding hydrogens is 511 g/mol. The normalized spacial score (nSPS) is 12.0. The summed E-state index contributed by atoms with van der Waals surface area (Å²) in [6.45, 7) is 2.45. The number of rotatable bonds is 7. The molecule has 0 atom stereocenters. The molecule has 3 aromatic carbocycles. The molecule has 0 aliphatic carbocycles. The SMILES string of the molecule is Cc1ccc(C(F)(F)CNC(=O)c2c(Sc3cccc(OC(F)(F)F)c3)cnc3ccccc23)c(C)c1. The van der Waals surface area contributed by atoms with Crippen molar-refractivity contribution >= 4 is 28.6 Å². The van der Waals surface area contributed by atoms with Gasteiger partial charge >= 0.3 is 6.36 Å². The van der Waals surface area contributed by atoms with Crippen LogP contribution in [0.3, 0.4) is 0 Å². The molecule has 0 unspecified atom stereocenters. The lowest BCUT2D eigenvalue weighted by Crippen LogP contribution is -2.35. The van der Waals surface area contributed by atoms with Gasteiger partial charge in [-0.15, -0.1) is 13.2 Å². The van der Waals surface area contributed by atoms with E-state index in [9.17, 15) is 18.0 Å². The average molecular weight is 533 g/mol. The number of benzene rings is 3. The minimum Gasteiger partial charge on any atom is -0.406 e. The molecule has 0 saturated carbocycles. The van der Waals surface area contributed by atoms with Gasteiger partial charge in [-0.2, -0.15) is 8.78 Å².